The van der Waals surface area contributed by atoms with Gasteiger partial charge in [0.05, 0.1) is 0 Å². The van der Waals surface area contributed by atoms with Crippen molar-refractivity contribution in [3.8, 4) is 0 Å². The van der Waals surface area contributed by atoms with E-state index in [1.807, 2.05) is 11.8 Å². The van der Waals surface area contributed by atoms with E-state index >= 15 is 0 Å². The number of hydrogen-bond donors (Lipinski definition) is 2. The van der Waals surface area contributed by atoms with Crippen molar-refractivity contribution < 1.29 is 0 Å². The number of nitrogens with two attached hydrogens (primary N) is 1. The first-order valence-corrected chi connectivity index (χ1v) is 7.77. The monoisotopic (exact) mass is 264 g/mol. The lowest BCUT2D eigenvalue weighted by Gasteiger charge is -2.28. The molecule has 0 aliphatic carbocycles. The van der Waals surface area contributed by atoms with Crippen LogP contribution in [0.5, 0.6) is 0 Å². The summed E-state index contributed by atoms with van der Waals surface area (Å²) in [6.07, 6.45) is 2.50. The molecule has 0 radical (unpaired) electrons. The highest BCUT2D eigenvalue weighted by molar-refractivity contribution is 7.99. The lowest BCUT2D eigenvalue weighted by atomic mass is 9.88. The van der Waals surface area contributed by atoms with Gasteiger partial charge in [0, 0.05) is 16.2 Å². The minimum absolute atomic E-state index is 0.177. The van der Waals surface area contributed by atoms with Crippen LogP contribution in [0, 0.1) is 5.92 Å². The molecule has 1 aromatic rings. The van der Waals surface area contributed by atoms with Crippen molar-refractivity contribution in [1.29, 1.82) is 0 Å². The van der Waals surface area contributed by atoms with Gasteiger partial charge < -0.3 is 11.1 Å². The molecule has 2 rings (SSSR count). The first kappa shape index (κ1) is 13.9. The lowest BCUT2D eigenvalue weighted by Crippen LogP contribution is -2.36. The van der Waals surface area contributed by atoms with Crippen LogP contribution < -0.4 is 11.1 Å². The third-order valence-electron chi connectivity index (χ3n) is 3.48. The van der Waals surface area contributed by atoms with Gasteiger partial charge in [-0.3, -0.25) is 0 Å². The van der Waals surface area contributed by atoms with E-state index in [2.05, 4.69) is 43.4 Å². The summed E-state index contributed by atoms with van der Waals surface area (Å²) in [5.74, 6) is 0.586. The predicted octanol–water partition coefficient (Wildman–Crippen LogP) is 3.19. The van der Waals surface area contributed by atoms with Gasteiger partial charge in [0.15, 0.2) is 0 Å². The summed E-state index contributed by atoms with van der Waals surface area (Å²) >= 11 is 1.90. The molecule has 0 bridgehead atoms. The van der Waals surface area contributed by atoms with Crippen LogP contribution in [0.25, 0.3) is 0 Å². The molecule has 2 unspecified atom stereocenters. The molecule has 100 valence electrons. The van der Waals surface area contributed by atoms with E-state index in [4.69, 9.17) is 5.73 Å². The number of thioether (sulfide) groups is 1. The van der Waals surface area contributed by atoms with Gasteiger partial charge in [-0.15, -0.1) is 11.8 Å². The number of hydrogen-bond acceptors (Lipinski definition) is 3. The SMILES string of the molecule is CC(C)Sc1ccc(C(N)C2CCCNC2)cc1. The first-order chi connectivity index (χ1) is 8.66. The second-order valence-electron chi connectivity index (χ2n) is 5.37. The molecule has 3 N–H and O–H groups in total. The van der Waals surface area contributed by atoms with Crippen molar-refractivity contribution in [2.75, 3.05) is 13.1 Å². The minimum atomic E-state index is 0.177. The number of rotatable bonds is 4. The van der Waals surface area contributed by atoms with Gasteiger partial charge in [-0.2, -0.15) is 0 Å². The van der Waals surface area contributed by atoms with E-state index in [1.54, 1.807) is 0 Å². The molecule has 2 nitrogen and oxygen atoms in total. The molecule has 0 saturated carbocycles. The molecule has 1 saturated heterocycles. The summed E-state index contributed by atoms with van der Waals surface area (Å²) < 4.78 is 0. The summed E-state index contributed by atoms with van der Waals surface area (Å²) in [5.41, 5.74) is 7.65. The van der Waals surface area contributed by atoms with Crippen LogP contribution in [0.4, 0.5) is 0 Å². The highest BCUT2D eigenvalue weighted by Crippen LogP contribution is 2.28. The van der Waals surface area contributed by atoms with Crippen molar-refractivity contribution in [2.45, 2.75) is 42.9 Å². The fourth-order valence-corrected chi connectivity index (χ4v) is 3.34. The molecule has 3 heteroatoms. The smallest absolute Gasteiger partial charge is 0.0335 e. The van der Waals surface area contributed by atoms with Crippen LogP contribution in [0.1, 0.15) is 38.3 Å². The molecular formula is C15H24N2S. The fraction of sp³-hybridized carbons (Fsp3) is 0.600. The third-order valence-corrected chi connectivity index (χ3v) is 4.50. The van der Waals surface area contributed by atoms with Crippen LogP contribution in [0.3, 0.4) is 0 Å². The highest BCUT2D eigenvalue weighted by atomic mass is 32.2. The van der Waals surface area contributed by atoms with Crippen molar-refractivity contribution in [1.82, 2.24) is 5.32 Å². The summed E-state index contributed by atoms with van der Waals surface area (Å²) in [5, 5.41) is 4.07. The summed E-state index contributed by atoms with van der Waals surface area (Å²) in [4.78, 5) is 1.34. The van der Waals surface area contributed by atoms with Gasteiger partial charge in [-0.25, -0.2) is 0 Å². The van der Waals surface area contributed by atoms with Crippen LogP contribution in [-0.2, 0) is 0 Å². The predicted molar refractivity (Wildman–Crippen MR) is 80.0 cm³/mol. The Morgan fingerprint density at radius 3 is 2.56 bits per heavy atom. The Kier molecular flexibility index (Phi) is 5.10. The van der Waals surface area contributed by atoms with Crippen LogP contribution >= 0.6 is 11.8 Å². The molecular weight excluding hydrogens is 240 g/mol. The van der Waals surface area contributed by atoms with E-state index in [0.717, 1.165) is 13.1 Å². The fourth-order valence-electron chi connectivity index (χ4n) is 2.50. The molecule has 1 aliphatic rings. The second-order valence-corrected chi connectivity index (χ2v) is 7.02. The zero-order valence-corrected chi connectivity index (χ0v) is 12.2. The topological polar surface area (TPSA) is 38.0 Å². The van der Waals surface area contributed by atoms with E-state index < -0.39 is 0 Å². The normalized spacial score (nSPS) is 22.1. The second kappa shape index (κ2) is 6.60. The standard InChI is InChI=1S/C15H24N2S/c1-11(2)18-14-7-5-12(6-8-14)15(16)13-4-3-9-17-10-13/h5-8,11,13,15,17H,3-4,9-10,16H2,1-2H3. The number of nitrogens with one attached hydrogen (secondary N) is 1. The molecule has 1 heterocycles. The molecule has 1 aromatic carbocycles. The molecule has 0 aromatic heterocycles. The Balaban J connectivity index is 1.99. The highest BCUT2D eigenvalue weighted by Gasteiger charge is 2.21. The van der Waals surface area contributed by atoms with Crippen molar-refractivity contribution >= 4 is 11.8 Å². The molecule has 0 spiro atoms. The maximum atomic E-state index is 6.37. The lowest BCUT2D eigenvalue weighted by molar-refractivity contribution is 0.326. The first-order valence-electron chi connectivity index (χ1n) is 6.89. The van der Waals surface area contributed by atoms with Crippen LogP contribution in [0.2, 0.25) is 0 Å². The van der Waals surface area contributed by atoms with Crippen molar-refractivity contribution in [3.05, 3.63) is 29.8 Å². The van der Waals surface area contributed by atoms with Gasteiger partial charge >= 0.3 is 0 Å². The maximum absolute atomic E-state index is 6.37. The van der Waals surface area contributed by atoms with Crippen molar-refractivity contribution in [2.24, 2.45) is 11.7 Å². The molecule has 18 heavy (non-hydrogen) atoms. The van der Waals surface area contributed by atoms with Gasteiger partial charge in [-0.1, -0.05) is 26.0 Å². The van der Waals surface area contributed by atoms with E-state index in [-0.39, 0.29) is 6.04 Å². The maximum Gasteiger partial charge on any atom is 0.0335 e. The van der Waals surface area contributed by atoms with Crippen LogP contribution in [0.15, 0.2) is 29.2 Å². The Labute approximate surface area is 115 Å². The average Bonchev–Trinajstić information content (AvgIpc) is 2.39. The van der Waals surface area contributed by atoms with E-state index in [1.165, 1.54) is 23.3 Å². The minimum Gasteiger partial charge on any atom is -0.324 e. The Morgan fingerprint density at radius 2 is 2.00 bits per heavy atom. The van der Waals surface area contributed by atoms with E-state index in [9.17, 15) is 0 Å². The molecule has 2 atom stereocenters. The summed E-state index contributed by atoms with van der Waals surface area (Å²) in [7, 11) is 0. The quantitative estimate of drug-likeness (QED) is 0.820. The average molecular weight is 264 g/mol. The van der Waals surface area contributed by atoms with Crippen molar-refractivity contribution in [3.63, 3.8) is 0 Å². The van der Waals surface area contributed by atoms with Gasteiger partial charge in [-0.05, 0) is 49.5 Å². The summed E-state index contributed by atoms with van der Waals surface area (Å²) in [6, 6.07) is 8.98. The summed E-state index contributed by atoms with van der Waals surface area (Å²) in [6.45, 7) is 6.65. The van der Waals surface area contributed by atoms with Crippen LogP contribution in [-0.4, -0.2) is 18.3 Å². The Bertz CT molecular complexity index is 355. The zero-order chi connectivity index (χ0) is 13.0. The van der Waals surface area contributed by atoms with E-state index in [0.29, 0.717) is 11.2 Å². The van der Waals surface area contributed by atoms with Gasteiger partial charge in [0.2, 0.25) is 0 Å². The third kappa shape index (κ3) is 3.74. The Morgan fingerprint density at radius 1 is 1.28 bits per heavy atom. The molecule has 0 amide bonds. The van der Waals surface area contributed by atoms with Gasteiger partial charge in [0.25, 0.3) is 0 Å². The number of benzene rings is 1. The number of piperidine rings is 1. The Hall–Kier alpha value is -0.510. The molecule has 1 aliphatic heterocycles. The largest absolute Gasteiger partial charge is 0.324 e. The van der Waals surface area contributed by atoms with Gasteiger partial charge in [0.1, 0.15) is 0 Å². The zero-order valence-electron chi connectivity index (χ0n) is 11.4. The molecule has 1 fully saturated rings.